The molecule has 34 heavy (non-hydrogen) atoms. The Morgan fingerprint density at radius 2 is 1.71 bits per heavy atom. The number of ether oxygens (including phenoxy) is 3. The first-order valence-corrected chi connectivity index (χ1v) is 11.6. The second-order valence-electron chi connectivity index (χ2n) is 7.90. The molecule has 8 heteroatoms. The smallest absolute Gasteiger partial charge is 0.342 e. The van der Waals surface area contributed by atoms with Crippen LogP contribution in [0.3, 0.4) is 0 Å². The Morgan fingerprint density at radius 1 is 0.971 bits per heavy atom. The van der Waals surface area contributed by atoms with Crippen molar-refractivity contribution in [2.45, 2.75) is 26.7 Å². The number of hydrogen-bond donors (Lipinski definition) is 1. The molecule has 1 saturated heterocycles. The lowest BCUT2D eigenvalue weighted by molar-refractivity contribution is -0.119. The van der Waals surface area contributed by atoms with Crippen LogP contribution in [-0.2, 0) is 9.53 Å². The Labute approximate surface area is 198 Å². The van der Waals surface area contributed by atoms with Crippen LogP contribution in [0, 0.1) is 0 Å². The van der Waals surface area contributed by atoms with Gasteiger partial charge in [0, 0.05) is 30.2 Å². The van der Waals surface area contributed by atoms with Gasteiger partial charge in [0.25, 0.3) is 5.91 Å². The number of carbonyl (C=O) groups is 2. The third kappa shape index (κ3) is 5.39. The van der Waals surface area contributed by atoms with Crippen molar-refractivity contribution in [3.8, 4) is 11.5 Å². The highest BCUT2D eigenvalue weighted by Crippen LogP contribution is 2.31. The van der Waals surface area contributed by atoms with E-state index in [2.05, 4.69) is 10.2 Å². The van der Waals surface area contributed by atoms with E-state index in [1.807, 2.05) is 38.1 Å². The van der Waals surface area contributed by atoms with Crippen molar-refractivity contribution >= 4 is 34.3 Å². The second-order valence-corrected chi connectivity index (χ2v) is 7.90. The summed E-state index contributed by atoms with van der Waals surface area (Å²) >= 11 is 0. The summed E-state index contributed by atoms with van der Waals surface area (Å²) < 4.78 is 16.5. The third-order valence-corrected chi connectivity index (χ3v) is 5.49. The molecule has 4 rings (SSSR count). The lowest BCUT2D eigenvalue weighted by Gasteiger charge is -2.20. The Morgan fingerprint density at radius 3 is 2.47 bits per heavy atom. The number of pyridine rings is 1. The number of anilines is 2. The zero-order valence-electron chi connectivity index (χ0n) is 19.5. The zero-order chi connectivity index (χ0) is 23.9. The first kappa shape index (κ1) is 23.4. The van der Waals surface area contributed by atoms with Gasteiger partial charge in [-0.05, 0) is 51.0 Å². The fourth-order valence-electron chi connectivity index (χ4n) is 3.96. The van der Waals surface area contributed by atoms with Crippen LogP contribution in [0.4, 0.5) is 11.5 Å². The molecule has 1 fully saturated rings. The lowest BCUT2D eigenvalue weighted by atomic mass is 10.1. The van der Waals surface area contributed by atoms with Crippen LogP contribution in [0.2, 0.25) is 0 Å². The molecule has 1 aliphatic heterocycles. The van der Waals surface area contributed by atoms with Crippen molar-refractivity contribution in [2.24, 2.45) is 0 Å². The molecule has 3 aromatic rings. The highest BCUT2D eigenvalue weighted by molar-refractivity contribution is 6.01. The van der Waals surface area contributed by atoms with Gasteiger partial charge in [-0.25, -0.2) is 9.78 Å². The van der Waals surface area contributed by atoms with Gasteiger partial charge in [-0.2, -0.15) is 0 Å². The minimum atomic E-state index is -0.572. The summed E-state index contributed by atoms with van der Waals surface area (Å²) in [5.74, 6) is 0.728. The molecule has 0 radical (unpaired) electrons. The first-order valence-electron chi connectivity index (χ1n) is 11.6. The third-order valence-electron chi connectivity index (χ3n) is 5.49. The molecule has 0 aliphatic carbocycles. The zero-order valence-corrected chi connectivity index (χ0v) is 19.5. The van der Waals surface area contributed by atoms with E-state index in [-0.39, 0.29) is 0 Å². The minimum absolute atomic E-state index is 0.369. The number of hydrogen-bond acceptors (Lipinski definition) is 7. The van der Waals surface area contributed by atoms with E-state index in [4.69, 9.17) is 19.2 Å². The summed E-state index contributed by atoms with van der Waals surface area (Å²) in [4.78, 5) is 32.3. The Balaban J connectivity index is 1.46. The van der Waals surface area contributed by atoms with Crippen LogP contribution in [0.15, 0.2) is 48.5 Å². The van der Waals surface area contributed by atoms with E-state index >= 15 is 0 Å². The van der Waals surface area contributed by atoms with Gasteiger partial charge in [-0.3, -0.25) is 4.79 Å². The van der Waals surface area contributed by atoms with Gasteiger partial charge in [0.2, 0.25) is 0 Å². The number of amides is 1. The average Bonchev–Trinajstić information content (AvgIpc) is 3.38. The molecule has 1 aromatic heterocycles. The van der Waals surface area contributed by atoms with Crippen molar-refractivity contribution < 1.29 is 23.8 Å². The van der Waals surface area contributed by atoms with Crippen LogP contribution in [0.25, 0.3) is 10.9 Å². The lowest BCUT2D eigenvalue weighted by Crippen LogP contribution is -2.25. The van der Waals surface area contributed by atoms with E-state index in [1.54, 1.807) is 24.3 Å². The van der Waals surface area contributed by atoms with E-state index in [0.29, 0.717) is 41.8 Å². The molecule has 8 nitrogen and oxygen atoms in total. The number of esters is 1. The normalized spacial score (nSPS) is 13.1. The van der Waals surface area contributed by atoms with Crippen LogP contribution >= 0.6 is 0 Å². The summed E-state index contributed by atoms with van der Waals surface area (Å²) in [6, 6.07) is 14.6. The van der Waals surface area contributed by atoms with Crippen LogP contribution in [0.1, 0.15) is 37.0 Å². The summed E-state index contributed by atoms with van der Waals surface area (Å²) in [5, 5.41) is 3.59. The van der Waals surface area contributed by atoms with E-state index in [1.165, 1.54) is 0 Å². The largest absolute Gasteiger partial charge is 0.490 e. The SMILES string of the molecule is CCOc1ccc(NC(=O)COC(=O)c2cc3ccccc3nc2N2CCCC2)cc1OCC. The number of para-hydroxylation sites is 1. The van der Waals surface area contributed by atoms with Crippen LogP contribution in [-0.4, -0.2) is 49.8 Å². The highest BCUT2D eigenvalue weighted by atomic mass is 16.5. The number of rotatable bonds is 9. The van der Waals surface area contributed by atoms with Gasteiger partial charge >= 0.3 is 5.97 Å². The first-order chi connectivity index (χ1) is 16.6. The van der Waals surface area contributed by atoms with Gasteiger partial charge < -0.3 is 24.4 Å². The number of fused-ring (bicyclic) bond motifs is 1. The molecular weight excluding hydrogens is 434 g/mol. The maximum Gasteiger partial charge on any atom is 0.342 e. The molecule has 1 amide bonds. The van der Waals surface area contributed by atoms with Crippen LogP contribution in [0.5, 0.6) is 11.5 Å². The van der Waals surface area contributed by atoms with Crippen LogP contribution < -0.4 is 19.7 Å². The standard InChI is InChI=1S/C26H29N3O5/c1-3-32-22-12-11-19(16-23(22)33-4-2)27-24(30)17-34-26(31)20-15-18-9-5-6-10-21(18)28-25(20)29-13-7-8-14-29/h5-6,9-12,15-16H,3-4,7-8,13-14,17H2,1-2H3,(H,27,30). The predicted octanol–water partition coefficient (Wildman–Crippen LogP) is 4.43. The predicted molar refractivity (Wildman–Crippen MR) is 131 cm³/mol. The number of benzene rings is 2. The molecule has 178 valence electrons. The van der Waals surface area contributed by atoms with Crippen molar-refractivity contribution in [2.75, 3.05) is 43.1 Å². The van der Waals surface area contributed by atoms with E-state index in [0.717, 1.165) is 36.8 Å². The number of nitrogens with zero attached hydrogens (tertiary/aromatic N) is 2. The second kappa shape index (κ2) is 10.9. The van der Waals surface area contributed by atoms with Gasteiger partial charge in [0.05, 0.1) is 18.7 Å². The van der Waals surface area contributed by atoms with Crippen molar-refractivity contribution in [3.05, 3.63) is 54.1 Å². The van der Waals surface area contributed by atoms with E-state index in [9.17, 15) is 9.59 Å². The molecule has 2 heterocycles. The topological polar surface area (TPSA) is 90.0 Å². The van der Waals surface area contributed by atoms with Gasteiger partial charge in [-0.1, -0.05) is 18.2 Å². The number of aromatic nitrogens is 1. The van der Waals surface area contributed by atoms with Crippen molar-refractivity contribution in [3.63, 3.8) is 0 Å². The minimum Gasteiger partial charge on any atom is -0.490 e. The molecule has 0 spiro atoms. The summed E-state index contributed by atoms with van der Waals surface area (Å²) in [6.45, 7) is 6.00. The van der Waals surface area contributed by atoms with Gasteiger partial charge in [0.15, 0.2) is 18.1 Å². The number of nitrogens with one attached hydrogen (secondary N) is 1. The average molecular weight is 464 g/mol. The highest BCUT2D eigenvalue weighted by Gasteiger charge is 2.23. The Bertz CT molecular complexity index is 1170. The molecule has 0 unspecified atom stereocenters. The maximum atomic E-state index is 13.0. The number of carbonyl (C=O) groups excluding carboxylic acids is 2. The molecule has 2 aromatic carbocycles. The molecule has 1 N–H and O–H groups in total. The molecular formula is C26H29N3O5. The van der Waals surface area contributed by atoms with E-state index < -0.39 is 18.5 Å². The van der Waals surface area contributed by atoms with Crippen molar-refractivity contribution in [1.29, 1.82) is 0 Å². The maximum absolute atomic E-state index is 13.0. The fraction of sp³-hybridized carbons (Fsp3) is 0.346. The quantitative estimate of drug-likeness (QED) is 0.470. The van der Waals surface area contributed by atoms with Gasteiger partial charge in [-0.15, -0.1) is 0 Å². The molecule has 0 atom stereocenters. The molecule has 0 bridgehead atoms. The molecule has 1 aliphatic rings. The van der Waals surface area contributed by atoms with Crippen molar-refractivity contribution in [1.82, 2.24) is 4.98 Å². The Kier molecular flexibility index (Phi) is 7.47. The summed E-state index contributed by atoms with van der Waals surface area (Å²) in [6.07, 6.45) is 2.11. The molecule has 0 saturated carbocycles. The van der Waals surface area contributed by atoms with Gasteiger partial charge in [0.1, 0.15) is 11.4 Å². The fourth-order valence-corrected chi connectivity index (χ4v) is 3.96. The summed E-state index contributed by atoms with van der Waals surface area (Å²) in [7, 11) is 0. The monoisotopic (exact) mass is 463 g/mol. The Hall–Kier alpha value is -3.81. The summed E-state index contributed by atoms with van der Waals surface area (Å²) in [5.41, 5.74) is 1.71.